The molecule has 0 radical (unpaired) electrons. The molecule has 0 saturated carbocycles. The second-order valence-corrected chi connectivity index (χ2v) is 9.62. The third-order valence-corrected chi connectivity index (χ3v) is 7.13. The molecule has 0 saturated heterocycles. The number of hydrogen-bond donors (Lipinski definition) is 0. The van der Waals surface area contributed by atoms with Gasteiger partial charge in [0.2, 0.25) is 0 Å². The van der Waals surface area contributed by atoms with Crippen LogP contribution >= 0.6 is 0 Å². The van der Waals surface area contributed by atoms with Gasteiger partial charge in [-0.1, -0.05) is 29.8 Å². The van der Waals surface area contributed by atoms with Crippen molar-refractivity contribution in [3.63, 3.8) is 0 Å². The smallest absolute Gasteiger partial charge is 0.509 e. The Morgan fingerprint density at radius 2 is 1.59 bits per heavy atom. The molecule has 3 heterocycles. The molecule has 0 bridgehead atoms. The van der Waals surface area contributed by atoms with Gasteiger partial charge in [0, 0.05) is 46.6 Å². The Labute approximate surface area is 267 Å². The molecule has 0 aliphatic rings. The van der Waals surface area contributed by atoms with E-state index in [-0.39, 0.29) is 21.1 Å². The zero-order valence-electron chi connectivity index (χ0n) is 23.1. The van der Waals surface area contributed by atoms with Crippen molar-refractivity contribution in [3.8, 4) is 52.0 Å². The number of nitrogens with zero attached hydrogens (tertiary/aromatic N) is 6. The zero-order chi connectivity index (χ0) is 29.3. The number of nitriles is 2. The summed E-state index contributed by atoms with van der Waals surface area (Å²) in [5, 5.41) is 25.7. The SMILES string of the molecule is COc1ccnc(-n2c3[c-]c(Oc4[c-]c(-n5cc(-c6c(C#N)cccc6C#N)cn5)ccc4)ccc3c3ccccc32)c1.[Pt+2]. The van der Waals surface area contributed by atoms with Crippen LogP contribution in [-0.4, -0.2) is 26.4 Å². The summed E-state index contributed by atoms with van der Waals surface area (Å²) in [4.78, 5) is 4.61. The summed E-state index contributed by atoms with van der Waals surface area (Å²) in [6, 6.07) is 37.3. The molecule has 0 spiro atoms. The fraction of sp³-hybridized carbons (Fsp3) is 0.0286. The maximum atomic E-state index is 9.59. The monoisotopic (exact) mass is 751 g/mol. The Kier molecular flexibility index (Phi) is 7.68. The second kappa shape index (κ2) is 11.9. The summed E-state index contributed by atoms with van der Waals surface area (Å²) in [6.45, 7) is 0. The molecule has 0 fully saturated rings. The molecule has 7 aromatic rings. The number of rotatable bonds is 6. The molecular weight excluding hydrogens is 732 g/mol. The van der Waals surface area contributed by atoms with E-state index in [1.165, 1.54) is 0 Å². The quantitative estimate of drug-likeness (QED) is 0.167. The minimum Gasteiger partial charge on any atom is -0.509 e. The number of fused-ring (bicyclic) bond motifs is 3. The van der Waals surface area contributed by atoms with E-state index in [1.807, 2.05) is 59.2 Å². The predicted octanol–water partition coefficient (Wildman–Crippen LogP) is 7.17. The number of hydrogen-bond acceptors (Lipinski definition) is 6. The van der Waals surface area contributed by atoms with Crippen LogP contribution in [0.15, 0.2) is 104 Å². The molecule has 0 aliphatic heterocycles. The van der Waals surface area contributed by atoms with Gasteiger partial charge in [-0.3, -0.25) is 4.68 Å². The van der Waals surface area contributed by atoms with Crippen molar-refractivity contribution < 1.29 is 30.5 Å². The number of para-hydroxylation sites is 1. The zero-order valence-corrected chi connectivity index (χ0v) is 25.4. The average molecular weight is 752 g/mol. The largest absolute Gasteiger partial charge is 2.00 e. The summed E-state index contributed by atoms with van der Waals surface area (Å²) in [6.07, 6.45) is 5.12. The number of ether oxygens (including phenoxy) is 2. The summed E-state index contributed by atoms with van der Waals surface area (Å²) >= 11 is 0. The van der Waals surface area contributed by atoms with E-state index in [4.69, 9.17) is 9.47 Å². The van der Waals surface area contributed by atoms with Crippen molar-refractivity contribution in [1.82, 2.24) is 19.3 Å². The average Bonchev–Trinajstić information content (AvgIpc) is 3.67. The van der Waals surface area contributed by atoms with Gasteiger partial charge in [0.25, 0.3) is 0 Å². The first-order chi connectivity index (χ1) is 21.2. The van der Waals surface area contributed by atoms with E-state index in [1.54, 1.807) is 48.6 Å². The topological polar surface area (TPSA) is 102 Å². The van der Waals surface area contributed by atoms with Crippen LogP contribution in [-0.2, 0) is 21.1 Å². The standard InChI is InChI=1S/C35H20N6O2.Pt/c1-42-27-14-15-38-34(18-27)41-32-11-3-2-10-30(32)31-13-12-29(17-33(31)41)43-28-9-5-8-26(16-28)40-22-25(21-39-40)35-23(19-36)6-4-7-24(35)20-37;/h2-15,18,21-22H,1H3;/q-2;+2. The van der Waals surface area contributed by atoms with E-state index in [2.05, 4.69) is 46.5 Å². The van der Waals surface area contributed by atoms with Gasteiger partial charge >= 0.3 is 21.1 Å². The Balaban J connectivity index is 0.00000343. The molecular formula is C35H20N6O2Pt. The Hall–Kier alpha value is -5.69. The number of pyridine rings is 1. The predicted molar refractivity (Wildman–Crippen MR) is 161 cm³/mol. The molecule has 0 aliphatic carbocycles. The Bertz CT molecular complexity index is 2220. The molecule has 0 N–H and O–H groups in total. The Morgan fingerprint density at radius 1 is 0.818 bits per heavy atom. The van der Waals surface area contributed by atoms with Gasteiger partial charge in [-0.2, -0.15) is 27.8 Å². The van der Waals surface area contributed by atoms with E-state index >= 15 is 0 Å². The summed E-state index contributed by atoms with van der Waals surface area (Å²) in [5.41, 5.74) is 4.47. The van der Waals surface area contributed by atoms with E-state index in [0.717, 1.165) is 21.8 Å². The van der Waals surface area contributed by atoms with Crippen LogP contribution in [0.3, 0.4) is 0 Å². The van der Waals surface area contributed by atoms with Gasteiger partial charge in [-0.25, -0.2) is 4.98 Å². The molecule has 9 heteroatoms. The third kappa shape index (κ3) is 4.98. The van der Waals surface area contributed by atoms with E-state index in [9.17, 15) is 10.5 Å². The molecule has 4 aromatic carbocycles. The fourth-order valence-electron chi connectivity index (χ4n) is 5.20. The first-order valence-corrected chi connectivity index (χ1v) is 13.3. The molecule has 7 rings (SSSR count). The number of aromatic nitrogens is 4. The second-order valence-electron chi connectivity index (χ2n) is 9.62. The molecule has 44 heavy (non-hydrogen) atoms. The van der Waals surface area contributed by atoms with Crippen LogP contribution in [0.1, 0.15) is 11.1 Å². The summed E-state index contributed by atoms with van der Waals surface area (Å²) < 4.78 is 15.4. The number of methoxy groups -OCH3 is 1. The molecule has 212 valence electrons. The maximum absolute atomic E-state index is 9.59. The van der Waals surface area contributed by atoms with Crippen LogP contribution in [0.4, 0.5) is 0 Å². The van der Waals surface area contributed by atoms with Crippen LogP contribution in [0.25, 0.3) is 44.4 Å². The van der Waals surface area contributed by atoms with Gasteiger partial charge in [0.05, 0.1) is 36.6 Å². The minimum atomic E-state index is 0. The van der Waals surface area contributed by atoms with Crippen molar-refractivity contribution in [2.45, 2.75) is 0 Å². The van der Waals surface area contributed by atoms with E-state index in [0.29, 0.717) is 51.0 Å². The van der Waals surface area contributed by atoms with Crippen LogP contribution < -0.4 is 9.47 Å². The molecule has 3 aromatic heterocycles. The first-order valence-electron chi connectivity index (χ1n) is 13.3. The van der Waals surface area contributed by atoms with Gasteiger partial charge in [-0.15, -0.1) is 35.7 Å². The third-order valence-electron chi connectivity index (χ3n) is 7.13. The first kappa shape index (κ1) is 28.4. The van der Waals surface area contributed by atoms with Gasteiger partial charge < -0.3 is 14.0 Å². The van der Waals surface area contributed by atoms with Crippen LogP contribution in [0.2, 0.25) is 0 Å². The molecule has 0 atom stereocenters. The van der Waals surface area contributed by atoms with Crippen LogP contribution in [0.5, 0.6) is 17.2 Å². The molecule has 8 nitrogen and oxygen atoms in total. The van der Waals surface area contributed by atoms with Crippen molar-refractivity contribution in [2.75, 3.05) is 7.11 Å². The van der Waals surface area contributed by atoms with Crippen molar-refractivity contribution in [2.24, 2.45) is 0 Å². The van der Waals surface area contributed by atoms with E-state index < -0.39 is 0 Å². The fourth-order valence-corrected chi connectivity index (χ4v) is 5.20. The van der Waals surface area contributed by atoms with Gasteiger partial charge in [0.15, 0.2) is 0 Å². The van der Waals surface area contributed by atoms with Crippen LogP contribution in [0, 0.1) is 34.8 Å². The molecule has 0 unspecified atom stereocenters. The van der Waals surface area contributed by atoms with Gasteiger partial charge in [-0.05, 0) is 35.3 Å². The van der Waals surface area contributed by atoms with Gasteiger partial charge in [0.1, 0.15) is 11.6 Å². The normalized spacial score (nSPS) is 10.6. The summed E-state index contributed by atoms with van der Waals surface area (Å²) in [7, 11) is 1.63. The molecule has 0 amide bonds. The Morgan fingerprint density at radius 3 is 2.39 bits per heavy atom. The van der Waals surface area contributed by atoms with Crippen molar-refractivity contribution in [1.29, 1.82) is 10.5 Å². The number of benzene rings is 4. The minimum absolute atomic E-state index is 0. The summed E-state index contributed by atoms with van der Waals surface area (Å²) in [5.74, 6) is 2.40. The maximum Gasteiger partial charge on any atom is 2.00 e. The van der Waals surface area contributed by atoms with Crippen molar-refractivity contribution >= 4 is 21.8 Å². The van der Waals surface area contributed by atoms with Crippen molar-refractivity contribution in [3.05, 3.63) is 127 Å².